The zero-order valence-electron chi connectivity index (χ0n) is 16.0. The molecule has 2 unspecified atom stereocenters. The summed E-state index contributed by atoms with van der Waals surface area (Å²) in [5.41, 5.74) is 1.77. The molecule has 2 aromatic rings. The van der Waals surface area contributed by atoms with Gasteiger partial charge in [-0.2, -0.15) is 0 Å². The second kappa shape index (κ2) is 8.25. The number of para-hydroxylation sites is 2. The van der Waals surface area contributed by atoms with Crippen LogP contribution in [0.5, 0.6) is 5.75 Å². The minimum Gasteiger partial charge on any atom is -0.489 e. The predicted molar refractivity (Wildman–Crippen MR) is 106 cm³/mol. The number of hydrogen-bond acceptors (Lipinski definition) is 3. The van der Waals surface area contributed by atoms with Crippen LogP contribution in [0.25, 0.3) is 0 Å². The van der Waals surface area contributed by atoms with Crippen molar-refractivity contribution in [3.63, 3.8) is 0 Å². The van der Waals surface area contributed by atoms with E-state index >= 15 is 0 Å². The van der Waals surface area contributed by atoms with Gasteiger partial charge in [0.2, 0.25) is 11.8 Å². The molecule has 2 amide bonds. The van der Waals surface area contributed by atoms with Gasteiger partial charge in [-0.15, -0.1) is 0 Å². The van der Waals surface area contributed by atoms with Crippen molar-refractivity contribution in [3.8, 4) is 5.75 Å². The van der Waals surface area contributed by atoms with E-state index in [9.17, 15) is 9.59 Å². The third-order valence-corrected chi connectivity index (χ3v) is 4.67. The Kier molecular flexibility index (Phi) is 5.79. The van der Waals surface area contributed by atoms with E-state index in [1.807, 2.05) is 75.4 Å². The lowest BCUT2D eigenvalue weighted by atomic mass is 10.1. The number of hydrogen-bond donors (Lipinski definition) is 1. The number of nitrogens with one attached hydrogen (secondary N) is 1. The molecule has 0 spiro atoms. The van der Waals surface area contributed by atoms with E-state index in [1.54, 1.807) is 4.90 Å². The topological polar surface area (TPSA) is 58.6 Å². The quantitative estimate of drug-likeness (QED) is 0.848. The Hall–Kier alpha value is -2.82. The zero-order valence-corrected chi connectivity index (χ0v) is 16.0. The SMILES string of the molecule is CC(C)Oc1ccccc1N1CC(C(=O)NC(C)c2ccccc2)CC1=O. The number of ether oxygens (including phenoxy) is 1. The van der Waals surface area contributed by atoms with Crippen molar-refractivity contribution >= 4 is 17.5 Å². The van der Waals surface area contributed by atoms with Crippen LogP contribution >= 0.6 is 0 Å². The number of carbonyl (C=O) groups is 2. The molecule has 2 atom stereocenters. The number of benzene rings is 2. The molecule has 1 saturated heterocycles. The Labute approximate surface area is 160 Å². The van der Waals surface area contributed by atoms with Crippen LogP contribution in [-0.4, -0.2) is 24.5 Å². The van der Waals surface area contributed by atoms with Gasteiger partial charge in [0.25, 0.3) is 0 Å². The Bertz CT molecular complexity index is 804. The molecule has 27 heavy (non-hydrogen) atoms. The maximum Gasteiger partial charge on any atom is 0.227 e. The number of carbonyl (C=O) groups excluding carboxylic acids is 2. The summed E-state index contributed by atoms with van der Waals surface area (Å²) in [6.45, 7) is 6.21. The molecule has 0 bridgehead atoms. The van der Waals surface area contributed by atoms with Crippen molar-refractivity contribution in [2.75, 3.05) is 11.4 Å². The first kappa shape index (κ1) is 19.0. The monoisotopic (exact) mass is 366 g/mol. The van der Waals surface area contributed by atoms with Crippen LogP contribution in [-0.2, 0) is 9.59 Å². The van der Waals surface area contributed by atoms with E-state index in [0.717, 1.165) is 11.3 Å². The summed E-state index contributed by atoms with van der Waals surface area (Å²) in [4.78, 5) is 26.9. The lowest BCUT2D eigenvalue weighted by Crippen LogP contribution is -2.34. The third kappa shape index (κ3) is 4.48. The van der Waals surface area contributed by atoms with Crippen LogP contribution in [0.4, 0.5) is 5.69 Å². The Morgan fingerprint density at radius 2 is 1.74 bits per heavy atom. The Morgan fingerprint density at radius 3 is 2.44 bits per heavy atom. The van der Waals surface area contributed by atoms with Crippen LogP contribution in [0.15, 0.2) is 54.6 Å². The van der Waals surface area contributed by atoms with Crippen LogP contribution in [0.2, 0.25) is 0 Å². The van der Waals surface area contributed by atoms with Gasteiger partial charge in [0, 0.05) is 13.0 Å². The third-order valence-electron chi connectivity index (χ3n) is 4.67. The molecule has 142 valence electrons. The molecule has 1 aliphatic heterocycles. The lowest BCUT2D eigenvalue weighted by molar-refractivity contribution is -0.126. The van der Waals surface area contributed by atoms with E-state index < -0.39 is 0 Å². The maximum absolute atomic E-state index is 12.7. The smallest absolute Gasteiger partial charge is 0.227 e. The Balaban J connectivity index is 1.69. The highest BCUT2D eigenvalue weighted by Gasteiger charge is 2.36. The van der Waals surface area contributed by atoms with Gasteiger partial charge < -0.3 is 15.0 Å². The molecule has 3 rings (SSSR count). The first-order valence-corrected chi connectivity index (χ1v) is 9.37. The van der Waals surface area contributed by atoms with Crippen molar-refractivity contribution in [2.45, 2.75) is 39.3 Å². The molecule has 0 aliphatic carbocycles. The van der Waals surface area contributed by atoms with Gasteiger partial charge >= 0.3 is 0 Å². The summed E-state index contributed by atoms with van der Waals surface area (Å²) in [6.07, 6.45) is 0.221. The molecule has 0 aromatic heterocycles. The normalized spacial score (nSPS) is 17.9. The highest BCUT2D eigenvalue weighted by Crippen LogP contribution is 2.33. The molecular formula is C22H26N2O3. The Morgan fingerprint density at radius 1 is 1.07 bits per heavy atom. The second-order valence-corrected chi connectivity index (χ2v) is 7.18. The van der Waals surface area contributed by atoms with Crippen molar-refractivity contribution in [3.05, 3.63) is 60.2 Å². The molecule has 5 nitrogen and oxygen atoms in total. The van der Waals surface area contributed by atoms with Crippen molar-refractivity contribution in [1.82, 2.24) is 5.32 Å². The fourth-order valence-corrected chi connectivity index (χ4v) is 3.31. The molecule has 0 radical (unpaired) electrons. The number of anilines is 1. The highest BCUT2D eigenvalue weighted by atomic mass is 16.5. The summed E-state index contributed by atoms with van der Waals surface area (Å²) in [5, 5.41) is 3.03. The number of nitrogens with zero attached hydrogens (tertiary/aromatic N) is 1. The van der Waals surface area contributed by atoms with Crippen LogP contribution in [0, 0.1) is 5.92 Å². The number of rotatable bonds is 6. The molecule has 1 heterocycles. The molecule has 0 saturated carbocycles. The van der Waals surface area contributed by atoms with Crippen LogP contribution < -0.4 is 15.0 Å². The highest BCUT2D eigenvalue weighted by molar-refractivity contribution is 6.01. The molecular weight excluding hydrogens is 340 g/mol. The van der Waals surface area contributed by atoms with Crippen molar-refractivity contribution in [1.29, 1.82) is 0 Å². The van der Waals surface area contributed by atoms with Crippen LogP contribution in [0.3, 0.4) is 0 Å². The second-order valence-electron chi connectivity index (χ2n) is 7.18. The average molecular weight is 366 g/mol. The summed E-state index contributed by atoms with van der Waals surface area (Å²) < 4.78 is 5.83. The summed E-state index contributed by atoms with van der Waals surface area (Å²) in [7, 11) is 0. The molecule has 1 fully saturated rings. The first-order valence-electron chi connectivity index (χ1n) is 9.37. The first-order chi connectivity index (χ1) is 13.0. The van der Waals surface area contributed by atoms with Gasteiger partial charge in [0.05, 0.1) is 23.8 Å². The number of amides is 2. The fourth-order valence-electron chi connectivity index (χ4n) is 3.31. The van der Waals surface area contributed by atoms with Gasteiger partial charge in [-0.05, 0) is 38.5 Å². The molecule has 2 aromatic carbocycles. The van der Waals surface area contributed by atoms with Gasteiger partial charge in [-0.25, -0.2) is 0 Å². The fraction of sp³-hybridized carbons (Fsp3) is 0.364. The minimum atomic E-state index is -0.365. The lowest BCUT2D eigenvalue weighted by Gasteiger charge is -2.22. The molecule has 1 N–H and O–H groups in total. The van der Waals surface area contributed by atoms with Gasteiger partial charge in [0.1, 0.15) is 5.75 Å². The minimum absolute atomic E-state index is 0.00896. The van der Waals surface area contributed by atoms with E-state index in [4.69, 9.17) is 4.74 Å². The zero-order chi connectivity index (χ0) is 19.4. The van der Waals surface area contributed by atoms with Crippen molar-refractivity contribution in [2.24, 2.45) is 5.92 Å². The summed E-state index contributed by atoms with van der Waals surface area (Å²) in [6, 6.07) is 17.2. The van der Waals surface area contributed by atoms with E-state index in [0.29, 0.717) is 12.3 Å². The van der Waals surface area contributed by atoms with Gasteiger partial charge in [-0.3, -0.25) is 9.59 Å². The van der Waals surface area contributed by atoms with E-state index in [2.05, 4.69) is 5.32 Å². The maximum atomic E-state index is 12.7. The van der Waals surface area contributed by atoms with Crippen molar-refractivity contribution < 1.29 is 14.3 Å². The van der Waals surface area contributed by atoms with E-state index in [-0.39, 0.29) is 36.3 Å². The van der Waals surface area contributed by atoms with Crippen LogP contribution in [0.1, 0.15) is 38.8 Å². The average Bonchev–Trinajstić information content (AvgIpc) is 3.04. The summed E-state index contributed by atoms with van der Waals surface area (Å²) >= 11 is 0. The van der Waals surface area contributed by atoms with Gasteiger partial charge in [-0.1, -0.05) is 42.5 Å². The molecule has 5 heteroatoms. The standard InChI is InChI=1S/C22H26N2O3/c1-15(2)27-20-12-8-7-11-19(20)24-14-18(13-21(24)25)22(26)23-16(3)17-9-5-4-6-10-17/h4-12,15-16,18H,13-14H2,1-3H3,(H,23,26). The molecule has 1 aliphatic rings. The van der Waals surface area contributed by atoms with E-state index in [1.165, 1.54) is 0 Å². The van der Waals surface area contributed by atoms with Gasteiger partial charge in [0.15, 0.2) is 0 Å². The predicted octanol–water partition coefficient (Wildman–Crippen LogP) is 3.70. The largest absolute Gasteiger partial charge is 0.489 e. The summed E-state index contributed by atoms with van der Waals surface area (Å²) in [5.74, 6) is 0.155.